The molecule has 2 rings (SSSR count). The summed E-state index contributed by atoms with van der Waals surface area (Å²) in [6, 6.07) is 2.03. The van der Waals surface area contributed by atoms with Gasteiger partial charge in [-0.1, -0.05) is 0 Å². The van der Waals surface area contributed by atoms with Gasteiger partial charge in [-0.2, -0.15) is 0 Å². The Balaban J connectivity index is 2.16. The van der Waals surface area contributed by atoms with Gasteiger partial charge in [0.25, 0.3) is 0 Å². The third-order valence-electron chi connectivity index (χ3n) is 3.00. The lowest BCUT2D eigenvalue weighted by molar-refractivity contribution is -0.143. The van der Waals surface area contributed by atoms with Gasteiger partial charge in [-0.3, -0.25) is 4.79 Å². The van der Waals surface area contributed by atoms with Crippen LogP contribution in [0.15, 0.2) is 17.8 Å². The van der Waals surface area contributed by atoms with E-state index in [9.17, 15) is 4.79 Å². The van der Waals surface area contributed by atoms with Crippen molar-refractivity contribution < 1.29 is 9.53 Å². The van der Waals surface area contributed by atoms with Crippen molar-refractivity contribution in [1.29, 1.82) is 0 Å². The van der Waals surface area contributed by atoms with E-state index in [0.717, 1.165) is 16.0 Å². The third-order valence-corrected chi connectivity index (χ3v) is 3.82. The van der Waals surface area contributed by atoms with Crippen LogP contribution in [0.4, 0.5) is 5.82 Å². The Morgan fingerprint density at radius 1 is 1.53 bits per heavy atom. The lowest BCUT2D eigenvalue weighted by Gasteiger charge is -2.25. The summed E-state index contributed by atoms with van der Waals surface area (Å²) < 4.78 is 4.97. The maximum Gasteiger partial charge on any atom is 0.307 e. The molecule has 0 bridgehead atoms. The second-order valence-corrected chi connectivity index (χ2v) is 5.20. The molecule has 0 aliphatic rings. The maximum atomic E-state index is 11.5. The molecule has 19 heavy (non-hydrogen) atoms. The topological polar surface area (TPSA) is 55.3 Å². The number of anilines is 1. The van der Waals surface area contributed by atoms with E-state index in [2.05, 4.69) is 9.97 Å². The van der Waals surface area contributed by atoms with Crippen LogP contribution in [-0.4, -0.2) is 35.6 Å². The molecule has 0 saturated carbocycles. The van der Waals surface area contributed by atoms with Crippen molar-refractivity contribution in [2.75, 3.05) is 18.6 Å². The van der Waals surface area contributed by atoms with Gasteiger partial charge in [0.2, 0.25) is 0 Å². The lowest BCUT2D eigenvalue weighted by atomic mass is 10.2. The van der Waals surface area contributed by atoms with Crippen molar-refractivity contribution in [2.45, 2.75) is 26.3 Å². The van der Waals surface area contributed by atoms with Gasteiger partial charge in [-0.05, 0) is 25.3 Å². The highest BCUT2D eigenvalue weighted by molar-refractivity contribution is 7.16. The minimum Gasteiger partial charge on any atom is -0.466 e. The van der Waals surface area contributed by atoms with Crippen molar-refractivity contribution in [1.82, 2.24) is 9.97 Å². The molecular weight excluding hydrogens is 262 g/mol. The Kier molecular flexibility index (Phi) is 4.31. The van der Waals surface area contributed by atoms with E-state index >= 15 is 0 Å². The number of ether oxygens (including phenoxy) is 1. The van der Waals surface area contributed by atoms with Gasteiger partial charge >= 0.3 is 5.97 Å². The van der Waals surface area contributed by atoms with Crippen LogP contribution in [0.3, 0.4) is 0 Å². The summed E-state index contributed by atoms with van der Waals surface area (Å²) in [5.74, 6) is 0.667. The first kappa shape index (κ1) is 13.7. The number of carbonyl (C=O) groups excluding carboxylic acids is 1. The van der Waals surface area contributed by atoms with E-state index < -0.39 is 0 Å². The summed E-state index contributed by atoms with van der Waals surface area (Å²) in [4.78, 5) is 23.0. The molecule has 102 valence electrons. The first-order valence-electron chi connectivity index (χ1n) is 6.20. The standard InChI is InChI=1S/C13H17N3O2S/c1-4-18-11(17)7-9(2)16(3)12-10-5-6-19-13(10)15-8-14-12/h5-6,8-9H,4,7H2,1-3H3. The van der Waals surface area contributed by atoms with Crippen LogP contribution >= 0.6 is 11.3 Å². The van der Waals surface area contributed by atoms with Gasteiger partial charge in [-0.15, -0.1) is 11.3 Å². The first-order chi connectivity index (χ1) is 9.13. The number of rotatable bonds is 5. The minimum absolute atomic E-state index is 0.0250. The van der Waals surface area contributed by atoms with E-state index in [0.29, 0.717) is 13.0 Å². The fourth-order valence-corrected chi connectivity index (χ4v) is 2.59. The molecular formula is C13H17N3O2S. The number of fused-ring (bicyclic) bond motifs is 1. The van der Waals surface area contributed by atoms with E-state index in [-0.39, 0.29) is 12.0 Å². The van der Waals surface area contributed by atoms with Gasteiger partial charge in [0.1, 0.15) is 17.0 Å². The first-order valence-corrected chi connectivity index (χ1v) is 7.08. The van der Waals surface area contributed by atoms with Crippen LogP contribution in [0.2, 0.25) is 0 Å². The molecule has 0 amide bonds. The Labute approximate surface area is 116 Å². The van der Waals surface area contributed by atoms with Crippen LogP contribution in [0.25, 0.3) is 10.2 Å². The monoisotopic (exact) mass is 279 g/mol. The number of esters is 1. The second-order valence-electron chi connectivity index (χ2n) is 4.31. The summed E-state index contributed by atoms with van der Waals surface area (Å²) in [6.45, 7) is 4.21. The molecule has 2 aromatic heterocycles. The van der Waals surface area contributed by atoms with Gasteiger partial charge in [0, 0.05) is 13.1 Å². The predicted octanol–water partition coefficient (Wildman–Crippen LogP) is 2.47. The van der Waals surface area contributed by atoms with Gasteiger partial charge in [0.05, 0.1) is 18.4 Å². The van der Waals surface area contributed by atoms with Crippen LogP contribution in [0.1, 0.15) is 20.3 Å². The molecule has 5 nitrogen and oxygen atoms in total. The summed E-state index contributed by atoms with van der Waals surface area (Å²) >= 11 is 1.58. The molecule has 2 aromatic rings. The fourth-order valence-electron chi connectivity index (χ4n) is 1.86. The minimum atomic E-state index is -0.183. The Morgan fingerprint density at radius 3 is 3.05 bits per heavy atom. The number of carbonyl (C=O) groups is 1. The zero-order valence-corrected chi connectivity index (χ0v) is 12.1. The van der Waals surface area contributed by atoms with Crippen LogP contribution < -0.4 is 4.90 Å². The van der Waals surface area contributed by atoms with Crippen molar-refractivity contribution in [3.63, 3.8) is 0 Å². The zero-order valence-electron chi connectivity index (χ0n) is 11.3. The normalized spacial score (nSPS) is 12.4. The quantitative estimate of drug-likeness (QED) is 0.787. The third kappa shape index (κ3) is 3.01. The highest BCUT2D eigenvalue weighted by atomic mass is 32.1. The Hall–Kier alpha value is -1.69. The van der Waals surface area contributed by atoms with Crippen LogP contribution in [-0.2, 0) is 9.53 Å². The SMILES string of the molecule is CCOC(=O)CC(C)N(C)c1ncnc2sccc12. The van der Waals surface area contributed by atoms with E-state index in [1.165, 1.54) is 0 Å². The maximum absolute atomic E-state index is 11.5. The highest BCUT2D eigenvalue weighted by Crippen LogP contribution is 2.27. The van der Waals surface area contributed by atoms with E-state index in [1.807, 2.05) is 37.2 Å². The molecule has 6 heteroatoms. The largest absolute Gasteiger partial charge is 0.466 e. The summed E-state index contributed by atoms with van der Waals surface area (Å²) in [5, 5.41) is 3.01. The van der Waals surface area contributed by atoms with E-state index in [1.54, 1.807) is 17.7 Å². The summed E-state index contributed by atoms with van der Waals surface area (Å²) in [7, 11) is 1.93. The lowest BCUT2D eigenvalue weighted by Crippen LogP contribution is -2.32. The number of aromatic nitrogens is 2. The van der Waals surface area contributed by atoms with Crippen molar-refractivity contribution in [3.8, 4) is 0 Å². The van der Waals surface area contributed by atoms with Gasteiger partial charge in [-0.25, -0.2) is 9.97 Å². The van der Waals surface area contributed by atoms with Crippen LogP contribution in [0.5, 0.6) is 0 Å². The molecule has 0 N–H and O–H groups in total. The van der Waals surface area contributed by atoms with Crippen molar-refractivity contribution >= 4 is 33.3 Å². The predicted molar refractivity (Wildman–Crippen MR) is 76.5 cm³/mol. The van der Waals surface area contributed by atoms with Crippen LogP contribution in [0, 0.1) is 0 Å². The number of hydrogen-bond donors (Lipinski definition) is 0. The summed E-state index contributed by atoms with van der Waals surface area (Å²) in [5.41, 5.74) is 0. The molecule has 0 spiro atoms. The molecule has 0 radical (unpaired) electrons. The summed E-state index contributed by atoms with van der Waals surface area (Å²) in [6.07, 6.45) is 1.90. The van der Waals surface area contributed by atoms with Gasteiger partial charge in [0.15, 0.2) is 0 Å². The molecule has 0 aliphatic heterocycles. The molecule has 1 unspecified atom stereocenters. The molecule has 0 aromatic carbocycles. The molecule has 1 atom stereocenters. The molecule has 0 saturated heterocycles. The van der Waals surface area contributed by atoms with Crippen molar-refractivity contribution in [2.24, 2.45) is 0 Å². The number of hydrogen-bond acceptors (Lipinski definition) is 6. The second kappa shape index (κ2) is 5.97. The Bertz CT molecular complexity index is 570. The average molecular weight is 279 g/mol. The number of nitrogens with zero attached hydrogens (tertiary/aromatic N) is 3. The smallest absolute Gasteiger partial charge is 0.307 e. The van der Waals surface area contributed by atoms with E-state index in [4.69, 9.17) is 4.74 Å². The van der Waals surface area contributed by atoms with Crippen molar-refractivity contribution in [3.05, 3.63) is 17.8 Å². The highest BCUT2D eigenvalue weighted by Gasteiger charge is 2.18. The average Bonchev–Trinajstić information content (AvgIpc) is 2.86. The molecule has 2 heterocycles. The number of thiophene rings is 1. The Morgan fingerprint density at radius 2 is 2.32 bits per heavy atom. The zero-order chi connectivity index (χ0) is 13.8. The molecule has 0 fully saturated rings. The van der Waals surface area contributed by atoms with Gasteiger partial charge < -0.3 is 9.64 Å². The molecule has 0 aliphatic carbocycles. The fraction of sp³-hybridized carbons (Fsp3) is 0.462.